The molecule has 0 aromatic heterocycles. The van der Waals surface area contributed by atoms with E-state index in [1.54, 1.807) is 0 Å². The van der Waals surface area contributed by atoms with E-state index >= 15 is 0 Å². The van der Waals surface area contributed by atoms with Gasteiger partial charge in [0, 0.05) is 9.52 Å². The van der Waals surface area contributed by atoms with Crippen molar-refractivity contribution in [3.05, 3.63) is 59.7 Å². The van der Waals surface area contributed by atoms with Crippen LogP contribution in [-0.2, 0) is 26.2 Å². The molecule has 0 amide bonds. The summed E-state index contributed by atoms with van der Waals surface area (Å²) in [6.07, 6.45) is 0. The van der Waals surface area contributed by atoms with E-state index in [0.717, 1.165) is 9.52 Å². The van der Waals surface area contributed by atoms with Gasteiger partial charge in [-0.15, -0.1) is 0 Å². The molecular formula is C14H21I2SiZr. The molecule has 0 saturated carbocycles. The third-order valence-electron chi connectivity index (χ3n) is 1.66. The monoisotopic (exact) mass is 561 g/mol. The molecule has 18 heavy (non-hydrogen) atoms. The number of hydrogen-bond acceptors (Lipinski definition) is 0. The Balaban J connectivity index is -0.0000000793. The maximum Gasteiger partial charge on any atom is 4.00 e. The predicted octanol–water partition coefficient (Wildman–Crippen LogP) is -2.05. The molecular weight excluding hydrogens is 541 g/mol. The fraction of sp³-hybridized carbons (Fsp3) is 0.286. The minimum atomic E-state index is 0. The largest absolute Gasteiger partial charge is 4.00 e. The van der Waals surface area contributed by atoms with E-state index in [2.05, 4.69) is 51.2 Å². The molecule has 0 unspecified atom stereocenters. The van der Waals surface area contributed by atoms with Gasteiger partial charge in [-0.2, -0.15) is 35.4 Å². The summed E-state index contributed by atoms with van der Waals surface area (Å²) in [7, 11) is 0.750. The third-order valence-corrected chi connectivity index (χ3v) is 1.66. The van der Waals surface area contributed by atoms with E-state index < -0.39 is 0 Å². The van der Waals surface area contributed by atoms with Gasteiger partial charge in [0.05, 0.1) is 0 Å². The molecule has 0 saturated heterocycles. The van der Waals surface area contributed by atoms with Gasteiger partial charge in [-0.25, -0.2) is 24.3 Å². The summed E-state index contributed by atoms with van der Waals surface area (Å²) in [5.74, 6) is 0. The third kappa shape index (κ3) is 19.6. The van der Waals surface area contributed by atoms with Gasteiger partial charge in [-0.3, -0.25) is 0 Å². The minimum Gasteiger partial charge on any atom is -1.00 e. The average molecular weight is 562 g/mol. The summed E-state index contributed by atoms with van der Waals surface area (Å²) in [6.45, 7) is 8.58. The van der Waals surface area contributed by atoms with Crippen LogP contribution in [0.2, 0.25) is 13.1 Å². The molecule has 0 aliphatic rings. The van der Waals surface area contributed by atoms with Crippen LogP contribution in [0.1, 0.15) is 11.1 Å². The van der Waals surface area contributed by atoms with Crippen LogP contribution in [0.5, 0.6) is 0 Å². The Kier molecular flexibility index (Phi) is 31.5. The molecule has 0 aliphatic carbocycles. The molecule has 2 rings (SSSR count). The van der Waals surface area contributed by atoms with Gasteiger partial charge in [0.25, 0.3) is 0 Å². The van der Waals surface area contributed by atoms with Crippen molar-refractivity contribution in [2.45, 2.75) is 26.9 Å². The zero-order valence-electron chi connectivity index (χ0n) is 11.5. The Morgan fingerprint density at radius 3 is 0.889 bits per heavy atom. The molecule has 0 spiro atoms. The van der Waals surface area contributed by atoms with Gasteiger partial charge >= 0.3 is 26.2 Å². The summed E-state index contributed by atoms with van der Waals surface area (Å²) >= 11 is 0. The first-order chi connectivity index (χ1) is 7.20. The fourth-order valence-corrected chi connectivity index (χ4v) is 0.940. The first-order valence-corrected chi connectivity index (χ1v) is 7.62. The zero-order chi connectivity index (χ0) is 11.5. The van der Waals surface area contributed by atoms with Crippen molar-refractivity contribution in [1.82, 2.24) is 0 Å². The van der Waals surface area contributed by atoms with Crippen LogP contribution in [0, 0.1) is 13.8 Å². The summed E-state index contributed by atoms with van der Waals surface area (Å²) in [5.41, 5.74) is 2.69. The summed E-state index contributed by atoms with van der Waals surface area (Å²) in [4.78, 5) is 0. The van der Waals surface area contributed by atoms with E-state index in [4.69, 9.17) is 0 Å². The summed E-state index contributed by atoms with van der Waals surface area (Å²) < 4.78 is 0. The first-order valence-electron chi connectivity index (χ1n) is 5.31. The predicted molar refractivity (Wildman–Crippen MR) is 72.4 cm³/mol. The number of halogens is 2. The minimum absolute atomic E-state index is 0. The van der Waals surface area contributed by atoms with Crippen LogP contribution in [0.15, 0.2) is 48.5 Å². The molecule has 0 N–H and O–H groups in total. The molecule has 0 nitrogen and oxygen atoms in total. The van der Waals surface area contributed by atoms with Crippen LogP contribution in [0.4, 0.5) is 0 Å². The molecule has 0 heterocycles. The molecule has 4 heteroatoms. The molecule has 0 fully saturated rings. The second kappa shape index (κ2) is 20.6. The van der Waals surface area contributed by atoms with E-state index in [-0.39, 0.29) is 74.2 Å². The van der Waals surface area contributed by atoms with Crippen LogP contribution in [-0.4, -0.2) is 9.52 Å². The van der Waals surface area contributed by atoms with Crippen LogP contribution >= 0.6 is 0 Å². The van der Waals surface area contributed by atoms with Crippen molar-refractivity contribution in [2.75, 3.05) is 0 Å². The maximum absolute atomic E-state index is 2.21. The van der Waals surface area contributed by atoms with E-state index in [9.17, 15) is 0 Å². The standard InChI is InChI=1S/2C6H7.C2H7Si.2HI.Zr/c2*1-6-4-2-3-5-6;1-3-2;;;/h2*2-5H,1H3;3H,1-2H3;2*1H;/q2*-1;;;;+4/p-2. The maximum atomic E-state index is 2.21. The van der Waals surface area contributed by atoms with Crippen molar-refractivity contribution < 1.29 is 74.2 Å². The Morgan fingerprint density at radius 2 is 0.833 bits per heavy atom. The van der Waals surface area contributed by atoms with Gasteiger partial charge in [0.2, 0.25) is 0 Å². The SMILES string of the molecule is C[SiH]C.C[c-]1cccc1.C[c-]1cccc1.[I-].[I-].[Zr+4]. The van der Waals surface area contributed by atoms with Crippen molar-refractivity contribution in [2.24, 2.45) is 0 Å². The molecule has 1 radical (unpaired) electrons. The number of aryl methyl sites for hydroxylation is 2. The Bertz CT molecular complexity index is 272. The number of rotatable bonds is 0. The van der Waals surface area contributed by atoms with Gasteiger partial charge in [-0.1, -0.05) is 26.9 Å². The molecule has 0 bridgehead atoms. The van der Waals surface area contributed by atoms with E-state index in [1.807, 2.05) is 24.3 Å². The van der Waals surface area contributed by atoms with E-state index in [0.29, 0.717) is 0 Å². The van der Waals surface area contributed by atoms with Gasteiger partial charge < -0.3 is 48.0 Å². The van der Waals surface area contributed by atoms with E-state index in [1.165, 1.54) is 11.1 Å². The average Bonchev–Trinajstić information content (AvgIpc) is 2.81. The summed E-state index contributed by atoms with van der Waals surface area (Å²) in [5, 5.41) is 0. The Morgan fingerprint density at radius 1 is 0.667 bits per heavy atom. The van der Waals surface area contributed by atoms with Crippen LogP contribution in [0.25, 0.3) is 0 Å². The second-order valence-electron chi connectivity index (χ2n) is 3.50. The molecule has 2 aromatic carbocycles. The smallest absolute Gasteiger partial charge is 1.00 e. The Labute approximate surface area is 168 Å². The molecule has 2 aromatic rings. The normalized spacial score (nSPS) is 6.89. The molecule has 0 aliphatic heterocycles. The van der Waals surface area contributed by atoms with Crippen molar-refractivity contribution in [1.29, 1.82) is 0 Å². The van der Waals surface area contributed by atoms with Crippen LogP contribution < -0.4 is 48.0 Å². The van der Waals surface area contributed by atoms with Gasteiger partial charge in [-0.05, 0) is 0 Å². The Hall–Kier alpha value is 1.26. The zero-order valence-corrected chi connectivity index (χ0v) is 19.4. The molecule has 99 valence electrons. The van der Waals surface area contributed by atoms with Gasteiger partial charge in [0.15, 0.2) is 0 Å². The molecule has 0 atom stereocenters. The topological polar surface area (TPSA) is 0 Å². The number of hydrogen-bond donors (Lipinski definition) is 0. The fourth-order valence-electron chi connectivity index (χ4n) is 0.940. The summed E-state index contributed by atoms with van der Waals surface area (Å²) in [6, 6.07) is 16.5. The van der Waals surface area contributed by atoms with Gasteiger partial charge in [0.1, 0.15) is 0 Å². The quantitative estimate of drug-likeness (QED) is 0.197. The van der Waals surface area contributed by atoms with Crippen molar-refractivity contribution in [3.8, 4) is 0 Å². The van der Waals surface area contributed by atoms with Crippen molar-refractivity contribution >= 4 is 9.52 Å². The second-order valence-corrected chi connectivity index (χ2v) is 4.66. The van der Waals surface area contributed by atoms with Crippen molar-refractivity contribution in [3.63, 3.8) is 0 Å². The first kappa shape index (κ1) is 27.6. The van der Waals surface area contributed by atoms with Crippen LogP contribution in [0.3, 0.4) is 0 Å².